The van der Waals surface area contributed by atoms with Crippen LogP contribution in [0.2, 0.25) is 0 Å². The van der Waals surface area contributed by atoms with E-state index >= 15 is 0 Å². The van der Waals surface area contributed by atoms with Gasteiger partial charge >= 0.3 is 12.0 Å². The Hall–Kier alpha value is -2.20. The molecule has 0 bridgehead atoms. The van der Waals surface area contributed by atoms with Gasteiger partial charge < -0.3 is 29.9 Å². The maximum Gasteiger partial charge on any atom is 0.321 e. The molecule has 10 nitrogen and oxygen atoms in total. The first-order valence-corrected chi connectivity index (χ1v) is 6.20. The third-order valence-electron chi connectivity index (χ3n) is 2.27. The van der Waals surface area contributed by atoms with Crippen LogP contribution in [-0.4, -0.2) is 56.8 Å². The average molecular weight is 284 g/mol. The summed E-state index contributed by atoms with van der Waals surface area (Å²) in [6.07, 6.45) is 1.16. The fourth-order valence-corrected chi connectivity index (χ4v) is 1.32. The number of aliphatic hydroxyl groups is 2. The van der Waals surface area contributed by atoms with Gasteiger partial charge in [-0.15, -0.1) is 0 Å². The van der Waals surface area contributed by atoms with Crippen molar-refractivity contribution >= 4 is 12.0 Å². The molecule has 10 heteroatoms. The molecule has 0 aliphatic heterocycles. The number of aliphatic hydroxyl groups excluding tert-OH is 2. The van der Waals surface area contributed by atoms with Crippen LogP contribution in [0, 0.1) is 0 Å². The predicted octanol–water partition coefficient (Wildman–Crippen LogP) is -0.292. The van der Waals surface area contributed by atoms with E-state index in [-0.39, 0.29) is 36.9 Å². The molecule has 0 spiro atoms. The number of rotatable bonds is 9. The summed E-state index contributed by atoms with van der Waals surface area (Å²) in [6, 6.07) is 0.459. The Balaban J connectivity index is 1.90. The van der Waals surface area contributed by atoms with E-state index in [1.165, 1.54) is 0 Å². The Kier molecular flexibility index (Phi) is 5.26. The lowest BCUT2D eigenvalue weighted by atomic mass is 10.4. The van der Waals surface area contributed by atoms with Crippen LogP contribution in [0.15, 0.2) is 9.05 Å². The van der Waals surface area contributed by atoms with Crippen LogP contribution >= 0.6 is 0 Å². The zero-order chi connectivity index (χ0) is 14.2. The molecule has 2 heterocycles. The van der Waals surface area contributed by atoms with Gasteiger partial charge in [0, 0.05) is 26.3 Å². The summed E-state index contributed by atoms with van der Waals surface area (Å²) in [7, 11) is 0. The molecule has 0 aromatic carbocycles. The van der Waals surface area contributed by atoms with E-state index in [9.17, 15) is 0 Å². The summed E-state index contributed by atoms with van der Waals surface area (Å²) in [4.78, 5) is 8.08. The van der Waals surface area contributed by atoms with Gasteiger partial charge in [0.1, 0.15) is 0 Å². The molecule has 0 aliphatic rings. The van der Waals surface area contributed by atoms with E-state index < -0.39 is 0 Å². The van der Waals surface area contributed by atoms with Crippen molar-refractivity contribution in [3.8, 4) is 11.6 Å². The molecule has 0 atom stereocenters. The van der Waals surface area contributed by atoms with Crippen LogP contribution in [0.25, 0.3) is 11.6 Å². The van der Waals surface area contributed by atoms with E-state index in [1.54, 1.807) is 0 Å². The molecule has 4 N–H and O–H groups in total. The van der Waals surface area contributed by atoms with Gasteiger partial charge in [0.05, 0.1) is 0 Å². The van der Waals surface area contributed by atoms with Crippen molar-refractivity contribution in [2.45, 2.75) is 12.8 Å². The van der Waals surface area contributed by atoms with Crippen LogP contribution < -0.4 is 10.6 Å². The maximum absolute atomic E-state index is 8.66. The van der Waals surface area contributed by atoms with Crippen molar-refractivity contribution in [2.75, 3.05) is 36.9 Å². The number of nitrogens with zero attached hydrogens (tertiary/aromatic N) is 4. The Morgan fingerprint density at radius 3 is 1.65 bits per heavy atom. The standard InChI is InChI=1S/C10H16N6O4/c17-5-1-3-11-9-13-7(15-19-9)8-14-10(20-16-8)12-4-2-6-18/h17-18H,1-6H2,(H,11,13,15)(H,12,14,16). The van der Waals surface area contributed by atoms with Crippen molar-refractivity contribution in [3.05, 3.63) is 0 Å². The van der Waals surface area contributed by atoms with Gasteiger partial charge in [-0.3, -0.25) is 0 Å². The van der Waals surface area contributed by atoms with E-state index in [0.717, 1.165) is 0 Å². The van der Waals surface area contributed by atoms with E-state index in [2.05, 4.69) is 30.9 Å². The molecule has 0 saturated heterocycles. The monoisotopic (exact) mass is 284 g/mol. The first-order valence-electron chi connectivity index (χ1n) is 6.20. The molecule has 2 aromatic heterocycles. The average Bonchev–Trinajstić information content (AvgIpc) is 3.08. The quantitative estimate of drug-likeness (QED) is 0.453. The number of hydrogen-bond acceptors (Lipinski definition) is 10. The lowest BCUT2D eigenvalue weighted by molar-refractivity contribution is 0.291. The van der Waals surface area contributed by atoms with Crippen LogP contribution in [0.1, 0.15) is 12.8 Å². The number of anilines is 2. The molecule has 0 radical (unpaired) electrons. The smallest absolute Gasteiger partial charge is 0.321 e. The van der Waals surface area contributed by atoms with Gasteiger partial charge in [-0.1, -0.05) is 10.3 Å². The molecular formula is C10H16N6O4. The summed E-state index contributed by atoms with van der Waals surface area (Å²) in [6.45, 7) is 1.22. The molecule has 2 rings (SSSR count). The molecule has 0 fully saturated rings. The topological polar surface area (TPSA) is 142 Å². The highest BCUT2D eigenvalue weighted by Gasteiger charge is 2.14. The normalized spacial score (nSPS) is 10.7. The highest BCUT2D eigenvalue weighted by molar-refractivity contribution is 5.45. The lowest BCUT2D eigenvalue weighted by Gasteiger charge is -1.96. The summed E-state index contributed by atoms with van der Waals surface area (Å²) in [5.41, 5.74) is 0. The van der Waals surface area contributed by atoms with Gasteiger partial charge in [-0.05, 0) is 12.8 Å². The second kappa shape index (κ2) is 7.40. The lowest BCUT2D eigenvalue weighted by Crippen LogP contribution is -2.03. The molecule has 0 aliphatic carbocycles. The van der Waals surface area contributed by atoms with Gasteiger partial charge in [0.15, 0.2) is 0 Å². The number of hydrogen-bond donors (Lipinski definition) is 4. The van der Waals surface area contributed by atoms with Crippen molar-refractivity contribution in [1.82, 2.24) is 20.3 Å². The minimum atomic E-state index is 0.0850. The van der Waals surface area contributed by atoms with E-state index in [4.69, 9.17) is 19.3 Å². The minimum Gasteiger partial charge on any atom is -0.396 e. The fourth-order valence-electron chi connectivity index (χ4n) is 1.32. The van der Waals surface area contributed by atoms with Crippen LogP contribution in [-0.2, 0) is 0 Å². The summed E-state index contributed by atoms with van der Waals surface area (Å²) >= 11 is 0. The minimum absolute atomic E-state index is 0.0850. The Labute approximate surface area is 114 Å². The molecule has 0 unspecified atom stereocenters. The third-order valence-corrected chi connectivity index (χ3v) is 2.27. The molecule has 2 aromatic rings. The van der Waals surface area contributed by atoms with Crippen molar-refractivity contribution in [3.63, 3.8) is 0 Å². The molecular weight excluding hydrogens is 268 g/mol. The largest absolute Gasteiger partial charge is 0.396 e. The zero-order valence-electron chi connectivity index (χ0n) is 10.7. The number of aromatic nitrogens is 4. The molecule has 20 heavy (non-hydrogen) atoms. The highest BCUT2D eigenvalue weighted by Crippen LogP contribution is 2.16. The zero-order valence-corrected chi connectivity index (χ0v) is 10.7. The SMILES string of the molecule is OCCCNc1nc(-c2noc(NCCCO)n2)no1. The molecule has 0 saturated carbocycles. The Morgan fingerprint density at radius 1 is 0.800 bits per heavy atom. The first kappa shape index (κ1) is 14.2. The Morgan fingerprint density at radius 2 is 1.25 bits per heavy atom. The number of nitrogens with one attached hydrogen (secondary N) is 2. The second-order valence-corrected chi connectivity index (χ2v) is 3.85. The van der Waals surface area contributed by atoms with Gasteiger partial charge in [-0.2, -0.15) is 9.97 Å². The van der Waals surface area contributed by atoms with Crippen LogP contribution in [0.4, 0.5) is 12.0 Å². The van der Waals surface area contributed by atoms with Gasteiger partial charge in [0.2, 0.25) is 11.6 Å². The summed E-state index contributed by atoms with van der Waals surface area (Å²) in [5.74, 6) is 0.408. The summed E-state index contributed by atoms with van der Waals surface area (Å²) in [5, 5.41) is 30.4. The highest BCUT2D eigenvalue weighted by atomic mass is 16.5. The fraction of sp³-hybridized carbons (Fsp3) is 0.600. The van der Waals surface area contributed by atoms with Gasteiger partial charge in [-0.25, -0.2) is 0 Å². The Bertz CT molecular complexity index is 467. The maximum atomic E-state index is 8.66. The first-order chi connectivity index (χ1) is 9.83. The van der Waals surface area contributed by atoms with Crippen LogP contribution in [0.3, 0.4) is 0 Å². The molecule has 0 amide bonds. The van der Waals surface area contributed by atoms with E-state index in [1.807, 2.05) is 0 Å². The molecule has 110 valence electrons. The summed E-state index contributed by atoms with van der Waals surface area (Å²) < 4.78 is 9.89. The van der Waals surface area contributed by atoms with Crippen LogP contribution in [0.5, 0.6) is 0 Å². The van der Waals surface area contributed by atoms with Gasteiger partial charge in [0.25, 0.3) is 0 Å². The van der Waals surface area contributed by atoms with Crippen molar-refractivity contribution < 1.29 is 19.3 Å². The third kappa shape index (κ3) is 3.90. The second-order valence-electron chi connectivity index (χ2n) is 3.85. The van der Waals surface area contributed by atoms with E-state index in [0.29, 0.717) is 25.9 Å². The van der Waals surface area contributed by atoms with Crippen molar-refractivity contribution in [2.24, 2.45) is 0 Å². The van der Waals surface area contributed by atoms with Crippen molar-refractivity contribution in [1.29, 1.82) is 0 Å². The predicted molar refractivity (Wildman–Crippen MR) is 68.0 cm³/mol.